The first-order valence-corrected chi connectivity index (χ1v) is 8.58. The molecule has 108 valence electrons. The third-order valence-electron chi connectivity index (χ3n) is 2.61. The fraction of sp³-hybridized carbons (Fsp3) is 0.357. The van der Waals surface area contributed by atoms with E-state index < -0.39 is 7.60 Å². The van der Waals surface area contributed by atoms with E-state index in [4.69, 9.17) is 9.05 Å². The van der Waals surface area contributed by atoms with Crippen molar-refractivity contribution in [3.63, 3.8) is 0 Å². The van der Waals surface area contributed by atoms with Crippen molar-refractivity contribution in [2.45, 2.75) is 20.8 Å². The Morgan fingerprint density at radius 3 is 2.15 bits per heavy atom. The molecule has 4 nitrogen and oxygen atoms in total. The maximum absolute atomic E-state index is 12.7. The maximum atomic E-state index is 12.7. The Morgan fingerprint density at radius 2 is 1.75 bits per heavy atom. The summed E-state index contributed by atoms with van der Waals surface area (Å²) in [5.74, 6) is 0. The molecule has 0 unspecified atom stereocenters. The van der Waals surface area contributed by atoms with E-state index in [0.29, 0.717) is 5.57 Å². The molecule has 0 N–H and O–H groups in total. The Hall–Kier alpha value is -0.920. The van der Waals surface area contributed by atoms with Gasteiger partial charge in [-0.15, -0.1) is 0 Å². The number of nitriles is 1. The smallest absolute Gasteiger partial charge is 0.305 e. The van der Waals surface area contributed by atoms with Crippen LogP contribution in [0.4, 0.5) is 0 Å². The number of halogens is 1. The number of benzene rings is 1. The van der Waals surface area contributed by atoms with Crippen molar-refractivity contribution in [1.82, 2.24) is 0 Å². The van der Waals surface area contributed by atoms with E-state index in [9.17, 15) is 9.83 Å². The molecule has 1 aromatic rings. The lowest BCUT2D eigenvalue weighted by Gasteiger charge is -2.18. The van der Waals surface area contributed by atoms with E-state index in [-0.39, 0.29) is 18.5 Å². The Balaban J connectivity index is 3.33. The van der Waals surface area contributed by atoms with E-state index in [2.05, 4.69) is 15.9 Å². The van der Waals surface area contributed by atoms with Crippen LogP contribution in [0, 0.1) is 11.3 Å². The SMILES string of the molecule is CCOP(=O)(OCC)/C(C#N)=C(\C)c1ccc(Br)cc1. The van der Waals surface area contributed by atoms with Gasteiger partial charge in [0.05, 0.1) is 13.2 Å². The number of hydrogen-bond acceptors (Lipinski definition) is 4. The van der Waals surface area contributed by atoms with Gasteiger partial charge in [-0.1, -0.05) is 28.1 Å². The zero-order valence-corrected chi connectivity index (χ0v) is 14.2. The summed E-state index contributed by atoms with van der Waals surface area (Å²) < 4.78 is 24.1. The van der Waals surface area contributed by atoms with Gasteiger partial charge in [-0.05, 0) is 44.0 Å². The van der Waals surface area contributed by atoms with Crippen LogP contribution in [0.1, 0.15) is 26.3 Å². The average Bonchev–Trinajstić information content (AvgIpc) is 2.40. The molecular weight excluding hydrogens is 341 g/mol. The molecule has 1 rings (SSSR count). The largest absolute Gasteiger partial charge is 0.372 e. The van der Waals surface area contributed by atoms with Crippen molar-refractivity contribution in [1.29, 1.82) is 5.26 Å². The first-order valence-electron chi connectivity index (χ1n) is 6.25. The van der Waals surface area contributed by atoms with E-state index in [1.165, 1.54) is 0 Å². The second-order valence-electron chi connectivity index (χ2n) is 3.93. The number of hydrogen-bond donors (Lipinski definition) is 0. The zero-order chi connectivity index (χ0) is 15.2. The Morgan fingerprint density at radius 1 is 1.25 bits per heavy atom. The molecule has 0 saturated carbocycles. The van der Waals surface area contributed by atoms with Crippen molar-refractivity contribution in [2.75, 3.05) is 13.2 Å². The van der Waals surface area contributed by atoms with Gasteiger partial charge in [0.2, 0.25) is 0 Å². The maximum Gasteiger partial charge on any atom is 0.372 e. The van der Waals surface area contributed by atoms with Crippen molar-refractivity contribution in [3.05, 3.63) is 39.6 Å². The van der Waals surface area contributed by atoms with Crippen LogP contribution >= 0.6 is 23.5 Å². The second-order valence-corrected chi connectivity index (χ2v) is 6.80. The van der Waals surface area contributed by atoms with E-state index in [1.807, 2.05) is 30.3 Å². The molecule has 0 amide bonds. The molecule has 0 aliphatic carbocycles. The summed E-state index contributed by atoms with van der Waals surface area (Å²) in [5, 5.41) is 9.41. The van der Waals surface area contributed by atoms with Crippen molar-refractivity contribution in [2.24, 2.45) is 0 Å². The Bertz CT molecular complexity index is 565. The number of nitrogens with zero attached hydrogens (tertiary/aromatic N) is 1. The average molecular weight is 358 g/mol. The minimum Gasteiger partial charge on any atom is -0.305 e. The molecule has 0 atom stereocenters. The number of rotatable bonds is 6. The monoisotopic (exact) mass is 357 g/mol. The molecule has 0 heterocycles. The highest BCUT2D eigenvalue weighted by Crippen LogP contribution is 2.57. The van der Waals surface area contributed by atoms with Crippen LogP contribution in [0.25, 0.3) is 5.57 Å². The predicted octanol–water partition coefficient (Wildman–Crippen LogP) is 4.97. The van der Waals surface area contributed by atoms with Gasteiger partial charge in [0.1, 0.15) is 11.4 Å². The molecule has 0 saturated heterocycles. The molecule has 0 aliphatic heterocycles. The Labute approximate surface area is 128 Å². The van der Waals surface area contributed by atoms with Crippen LogP contribution in [-0.4, -0.2) is 13.2 Å². The highest BCUT2D eigenvalue weighted by molar-refractivity contribution is 9.10. The lowest BCUT2D eigenvalue weighted by molar-refractivity contribution is 0.227. The third-order valence-corrected chi connectivity index (χ3v) is 5.32. The Kier molecular flexibility index (Phi) is 6.64. The van der Waals surface area contributed by atoms with Crippen LogP contribution in [0.5, 0.6) is 0 Å². The standard InChI is InChI=1S/C14H17BrNO3P/c1-4-18-20(17,19-5-2)14(10-16)11(3)12-6-8-13(15)9-7-12/h6-9H,4-5H2,1-3H3/b14-11+. The molecule has 0 fully saturated rings. The highest BCUT2D eigenvalue weighted by atomic mass is 79.9. The van der Waals surface area contributed by atoms with Crippen LogP contribution in [-0.2, 0) is 13.6 Å². The van der Waals surface area contributed by atoms with Gasteiger partial charge >= 0.3 is 7.60 Å². The van der Waals surface area contributed by atoms with Gasteiger partial charge < -0.3 is 9.05 Å². The first kappa shape index (κ1) is 17.1. The van der Waals surface area contributed by atoms with Crippen LogP contribution in [0.2, 0.25) is 0 Å². The second kappa shape index (κ2) is 7.75. The minimum absolute atomic E-state index is 0.0588. The summed E-state index contributed by atoms with van der Waals surface area (Å²) in [6.07, 6.45) is 0. The van der Waals surface area contributed by atoms with Gasteiger partial charge in [0, 0.05) is 4.47 Å². The third kappa shape index (κ3) is 4.04. The summed E-state index contributed by atoms with van der Waals surface area (Å²) in [7, 11) is -3.56. The van der Waals surface area contributed by atoms with Gasteiger partial charge in [-0.2, -0.15) is 5.26 Å². The van der Waals surface area contributed by atoms with Crippen LogP contribution in [0.3, 0.4) is 0 Å². The molecule has 0 radical (unpaired) electrons. The van der Waals surface area contributed by atoms with Crippen molar-refractivity contribution >= 4 is 29.1 Å². The molecule has 6 heteroatoms. The fourth-order valence-corrected chi connectivity index (χ4v) is 3.63. The lowest BCUT2D eigenvalue weighted by atomic mass is 10.1. The molecule has 0 aliphatic rings. The highest BCUT2D eigenvalue weighted by Gasteiger charge is 2.32. The zero-order valence-electron chi connectivity index (χ0n) is 11.7. The van der Waals surface area contributed by atoms with Crippen LogP contribution < -0.4 is 0 Å². The topological polar surface area (TPSA) is 59.3 Å². The molecule has 0 spiro atoms. The lowest BCUT2D eigenvalue weighted by Crippen LogP contribution is -1.99. The molecule has 20 heavy (non-hydrogen) atoms. The van der Waals surface area contributed by atoms with E-state index in [0.717, 1.165) is 10.0 Å². The quantitative estimate of drug-likeness (QED) is 0.532. The predicted molar refractivity (Wildman–Crippen MR) is 83.2 cm³/mol. The van der Waals surface area contributed by atoms with Gasteiger partial charge in [0.15, 0.2) is 0 Å². The molecule has 1 aromatic carbocycles. The van der Waals surface area contributed by atoms with Crippen molar-refractivity contribution in [3.8, 4) is 6.07 Å². The molecule has 0 bridgehead atoms. The number of allylic oxidation sites excluding steroid dienone is 2. The van der Waals surface area contributed by atoms with Gasteiger partial charge in [-0.3, -0.25) is 4.57 Å². The summed E-state index contributed by atoms with van der Waals surface area (Å²) in [6.45, 7) is 5.61. The fourth-order valence-electron chi connectivity index (χ4n) is 1.69. The minimum atomic E-state index is -3.56. The van der Waals surface area contributed by atoms with Crippen LogP contribution in [0.15, 0.2) is 34.1 Å². The van der Waals surface area contributed by atoms with E-state index >= 15 is 0 Å². The normalized spacial score (nSPS) is 12.8. The summed E-state index contributed by atoms with van der Waals surface area (Å²) in [6, 6.07) is 9.39. The van der Waals surface area contributed by atoms with Gasteiger partial charge in [-0.25, -0.2) is 0 Å². The molecule has 0 aromatic heterocycles. The molecular formula is C14H17BrNO3P. The summed E-state index contributed by atoms with van der Waals surface area (Å²) in [5.41, 5.74) is 1.41. The summed E-state index contributed by atoms with van der Waals surface area (Å²) in [4.78, 5) is 0. The van der Waals surface area contributed by atoms with Crippen molar-refractivity contribution < 1.29 is 13.6 Å². The van der Waals surface area contributed by atoms with Gasteiger partial charge in [0.25, 0.3) is 0 Å². The summed E-state index contributed by atoms with van der Waals surface area (Å²) >= 11 is 3.35. The first-order chi connectivity index (χ1) is 9.48. The van der Waals surface area contributed by atoms with E-state index in [1.54, 1.807) is 20.8 Å².